The van der Waals surface area contributed by atoms with Gasteiger partial charge in [-0.1, -0.05) is 50.2 Å². The van der Waals surface area contributed by atoms with E-state index in [1.54, 1.807) is 11.8 Å². The van der Waals surface area contributed by atoms with Crippen molar-refractivity contribution in [3.63, 3.8) is 0 Å². The van der Waals surface area contributed by atoms with Crippen molar-refractivity contribution in [2.75, 3.05) is 5.75 Å². The Labute approximate surface area is 139 Å². The van der Waals surface area contributed by atoms with Crippen molar-refractivity contribution in [1.29, 1.82) is 0 Å². The molecule has 1 nitrogen and oxygen atoms in total. The van der Waals surface area contributed by atoms with Gasteiger partial charge in [0.1, 0.15) is 0 Å². The summed E-state index contributed by atoms with van der Waals surface area (Å²) in [6.45, 7) is 4.43. The fourth-order valence-electron chi connectivity index (χ4n) is 2.23. The first kappa shape index (κ1) is 16.6. The standard InChI is InChI=1S/C18H21BrOS/c1-13(2)10-14-6-5-7-15(11-14)17(20)12-21-18-9-4-3-8-16(18)19/h3-9,11,13,17,20H,10,12H2,1-2H3. The first-order chi connectivity index (χ1) is 10.1. The second-order valence-electron chi connectivity index (χ2n) is 5.60. The molecule has 0 aliphatic carbocycles. The topological polar surface area (TPSA) is 20.2 Å². The van der Waals surface area contributed by atoms with Crippen molar-refractivity contribution in [2.45, 2.75) is 31.3 Å². The van der Waals surface area contributed by atoms with Crippen LogP contribution in [0.2, 0.25) is 0 Å². The van der Waals surface area contributed by atoms with Crippen molar-refractivity contribution in [3.8, 4) is 0 Å². The lowest BCUT2D eigenvalue weighted by Crippen LogP contribution is -2.02. The Morgan fingerprint density at radius 3 is 2.57 bits per heavy atom. The van der Waals surface area contributed by atoms with E-state index in [-0.39, 0.29) is 0 Å². The molecule has 0 saturated heterocycles. The number of halogens is 1. The maximum atomic E-state index is 10.4. The van der Waals surface area contributed by atoms with Crippen LogP contribution in [-0.2, 0) is 6.42 Å². The fourth-order valence-corrected chi connectivity index (χ4v) is 3.76. The summed E-state index contributed by atoms with van der Waals surface area (Å²) in [5, 5.41) is 10.4. The average molecular weight is 365 g/mol. The number of hydrogen-bond donors (Lipinski definition) is 1. The predicted molar refractivity (Wildman–Crippen MR) is 94.8 cm³/mol. The highest BCUT2D eigenvalue weighted by Crippen LogP contribution is 2.30. The molecular weight excluding hydrogens is 344 g/mol. The molecule has 2 aromatic rings. The summed E-state index contributed by atoms with van der Waals surface area (Å²) in [6.07, 6.45) is 0.618. The lowest BCUT2D eigenvalue weighted by atomic mass is 9.99. The van der Waals surface area contributed by atoms with Crippen LogP contribution >= 0.6 is 27.7 Å². The molecule has 0 radical (unpaired) electrons. The van der Waals surface area contributed by atoms with E-state index in [2.05, 4.69) is 48.0 Å². The molecule has 0 amide bonds. The summed E-state index contributed by atoms with van der Waals surface area (Å²) in [7, 11) is 0. The van der Waals surface area contributed by atoms with Gasteiger partial charge in [0.05, 0.1) is 6.10 Å². The minimum absolute atomic E-state index is 0.436. The normalized spacial score (nSPS) is 12.6. The molecule has 1 unspecified atom stereocenters. The van der Waals surface area contributed by atoms with E-state index in [1.807, 2.05) is 30.3 Å². The second-order valence-corrected chi connectivity index (χ2v) is 7.52. The van der Waals surface area contributed by atoms with E-state index in [1.165, 1.54) is 5.56 Å². The highest BCUT2D eigenvalue weighted by molar-refractivity contribution is 9.10. The Bertz CT molecular complexity index is 583. The van der Waals surface area contributed by atoms with Gasteiger partial charge in [0, 0.05) is 15.1 Å². The van der Waals surface area contributed by atoms with Gasteiger partial charge in [0.15, 0.2) is 0 Å². The highest BCUT2D eigenvalue weighted by Gasteiger charge is 2.10. The van der Waals surface area contributed by atoms with Crippen molar-refractivity contribution >= 4 is 27.7 Å². The Balaban J connectivity index is 2.00. The van der Waals surface area contributed by atoms with Gasteiger partial charge in [0.2, 0.25) is 0 Å². The average Bonchev–Trinajstić information content (AvgIpc) is 2.45. The van der Waals surface area contributed by atoms with Gasteiger partial charge in [-0.2, -0.15) is 0 Å². The molecule has 1 atom stereocenters. The maximum absolute atomic E-state index is 10.4. The third-order valence-electron chi connectivity index (χ3n) is 3.21. The van der Waals surface area contributed by atoms with E-state index in [0.717, 1.165) is 21.4 Å². The van der Waals surface area contributed by atoms with E-state index in [9.17, 15) is 5.11 Å². The minimum Gasteiger partial charge on any atom is -0.388 e. The van der Waals surface area contributed by atoms with Crippen LogP contribution in [0.4, 0.5) is 0 Å². The van der Waals surface area contributed by atoms with Crippen LogP contribution in [0.1, 0.15) is 31.1 Å². The monoisotopic (exact) mass is 364 g/mol. The Morgan fingerprint density at radius 2 is 1.86 bits per heavy atom. The molecule has 0 aliphatic heterocycles. The van der Waals surface area contributed by atoms with Gasteiger partial charge < -0.3 is 5.11 Å². The molecule has 0 aliphatic rings. The minimum atomic E-state index is -0.436. The number of benzene rings is 2. The van der Waals surface area contributed by atoms with Crippen molar-refractivity contribution in [2.24, 2.45) is 5.92 Å². The summed E-state index contributed by atoms with van der Waals surface area (Å²) in [5.74, 6) is 1.29. The largest absolute Gasteiger partial charge is 0.388 e. The van der Waals surface area contributed by atoms with Crippen LogP contribution in [0, 0.1) is 5.92 Å². The van der Waals surface area contributed by atoms with Gasteiger partial charge >= 0.3 is 0 Å². The van der Waals surface area contributed by atoms with E-state index >= 15 is 0 Å². The maximum Gasteiger partial charge on any atom is 0.0884 e. The summed E-state index contributed by atoms with van der Waals surface area (Å²) < 4.78 is 1.08. The number of aliphatic hydroxyl groups is 1. The SMILES string of the molecule is CC(C)Cc1cccc(C(O)CSc2ccccc2Br)c1. The van der Waals surface area contributed by atoms with Crippen molar-refractivity contribution in [3.05, 3.63) is 64.1 Å². The van der Waals surface area contributed by atoms with Crippen molar-refractivity contribution < 1.29 is 5.11 Å². The molecule has 0 fully saturated rings. The molecule has 2 rings (SSSR count). The van der Waals surface area contributed by atoms with Crippen LogP contribution < -0.4 is 0 Å². The third kappa shape index (κ3) is 5.17. The lowest BCUT2D eigenvalue weighted by molar-refractivity contribution is 0.204. The number of thioether (sulfide) groups is 1. The van der Waals surface area contributed by atoms with Crippen LogP contribution in [0.5, 0.6) is 0 Å². The summed E-state index contributed by atoms with van der Waals surface area (Å²) in [5.41, 5.74) is 2.31. The number of rotatable bonds is 6. The molecular formula is C18H21BrOS. The lowest BCUT2D eigenvalue weighted by Gasteiger charge is -2.13. The molecule has 0 heterocycles. The van der Waals surface area contributed by atoms with Gasteiger partial charge in [-0.05, 0) is 51.5 Å². The molecule has 1 N–H and O–H groups in total. The van der Waals surface area contributed by atoms with Crippen LogP contribution in [0.15, 0.2) is 57.9 Å². The molecule has 0 bridgehead atoms. The van der Waals surface area contributed by atoms with Gasteiger partial charge in [-0.15, -0.1) is 11.8 Å². The zero-order chi connectivity index (χ0) is 15.2. The second kappa shape index (κ2) is 8.02. The Kier molecular flexibility index (Phi) is 6.34. The van der Waals surface area contributed by atoms with Gasteiger partial charge in [0.25, 0.3) is 0 Å². The Morgan fingerprint density at radius 1 is 1.10 bits per heavy atom. The highest BCUT2D eigenvalue weighted by atomic mass is 79.9. The molecule has 0 saturated carbocycles. The fraction of sp³-hybridized carbons (Fsp3) is 0.333. The summed E-state index contributed by atoms with van der Waals surface area (Å²) in [4.78, 5) is 1.16. The molecule has 112 valence electrons. The summed E-state index contributed by atoms with van der Waals surface area (Å²) >= 11 is 5.21. The smallest absolute Gasteiger partial charge is 0.0884 e. The molecule has 21 heavy (non-hydrogen) atoms. The first-order valence-corrected chi connectivity index (χ1v) is 8.98. The number of aliphatic hydroxyl groups excluding tert-OH is 1. The molecule has 3 heteroatoms. The zero-order valence-corrected chi connectivity index (χ0v) is 14.8. The molecule has 0 spiro atoms. The van der Waals surface area contributed by atoms with E-state index in [4.69, 9.17) is 0 Å². The van der Waals surface area contributed by atoms with Crippen molar-refractivity contribution in [1.82, 2.24) is 0 Å². The van der Waals surface area contributed by atoms with Crippen LogP contribution in [-0.4, -0.2) is 10.9 Å². The van der Waals surface area contributed by atoms with E-state index in [0.29, 0.717) is 11.7 Å². The number of hydrogen-bond acceptors (Lipinski definition) is 2. The molecule has 2 aromatic carbocycles. The predicted octanol–water partition coefficient (Wildman–Crippen LogP) is 5.47. The quantitative estimate of drug-likeness (QED) is 0.685. The van der Waals surface area contributed by atoms with Gasteiger partial charge in [-0.3, -0.25) is 0 Å². The van der Waals surface area contributed by atoms with Gasteiger partial charge in [-0.25, -0.2) is 0 Å². The molecule has 0 aromatic heterocycles. The Hall–Kier alpha value is -0.770. The van der Waals surface area contributed by atoms with Crippen LogP contribution in [0.25, 0.3) is 0 Å². The zero-order valence-electron chi connectivity index (χ0n) is 12.4. The van der Waals surface area contributed by atoms with Crippen LogP contribution in [0.3, 0.4) is 0 Å². The first-order valence-electron chi connectivity index (χ1n) is 7.20. The third-order valence-corrected chi connectivity index (χ3v) is 5.32. The van der Waals surface area contributed by atoms with E-state index < -0.39 is 6.10 Å². The summed E-state index contributed by atoms with van der Waals surface area (Å²) in [6, 6.07) is 16.4.